The lowest BCUT2D eigenvalue weighted by Gasteiger charge is -2.19. The lowest BCUT2D eigenvalue weighted by Crippen LogP contribution is -2.26. The van der Waals surface area contributed by atoms with Gasteiger partial charge >= 0.3 is 0 Å². The van der Waals surface area contributed by atoms with Crippen molar-refractivity contribution in [2.45, 2.75) is 13.8 Å². The number of aryl methyl sites for hydroxylation is 2. The second-order valence-electron chi connectivity index (χ2n) is 4.45. The first-order valence-corrected chi connectivity index (χ1v) is 6.21. The van der Waals surface area contributed by atoms with Gasteiger partial charge in [0.1, 0.15) is 25.1 Å². The normalized spacial score (nSPS) is 9.90. The second-order valence-corrected chi connectivity index (χ2v) is 4.45. The summed E-state index contributed by atoms with van der Waals surface area (Å²) in [4.78, 5) is 9.74. The van der Waals surface area contributed by atoms with Crippen LogP contribution in [0.2, 0.25) is 0 Å². The van der Waals surface area contributed by atoms with Crippen molar-refractivity contribution >= 4 is 11.5 Å². The van der Waals surface area contributed by atoms with E-state index in [1.807, 2.05) is 32.1 Å². The van der Waals surface area contributed by atoms with Crippen molar-refractivity contribution < 1.29 is 0 Å². The lowest BCUT2D eigenvalue weighted by atomic mass is 10.3. The van der Waals surface area contributed by atoms with Gasteiger partial charge in [0, 0.05) is 5.69 Å². The quantitative estimate of drug-likeness (QED) is 0.820. The van der Waals surface area contributed by atoms with Gasteiger partial charge in [0.25, 0.3) is 0 Å². The molecule has 2 N–H and O–H groups in total. The molecule has 0 saturated heterocycles. The molecule has 106 valence electrons. The molecule has 0 aliphatic rings. The van der Waals surface area contributed by atoms with Crippen molar-refractivity contribution in [3.63, 3.8) is 0 Å². The first-order valence-electron chi connectivity index (χ1n) is 6.21. The molecule has 0 amide bonds. The molecule has 21 heavy (non-hydrogen) atoms. The Morgan fingerprint density at radius 1 is 1.24 bits per heavy atom. The highest BCUT2D eigenvalue weighted by atomic mass is 15.3. The van der Waals surface area contributed by atoms with Crippen LogP contribution in [0.5, 0.6) is 0 Å². The number of nitriles is 2. The third kappa shape index (κ3) is 2.74. The Bertz CT molecular complexity index is 718. The molecule has 0 fully saturated rings. The van der Waals surface area contributed by atoms with Crippen molar-refractivity contribution in [3.05, 3.63) is 23.8 Å². The zero-order chi connectivity index (χ0) is 15.4. The maximum atomic E-state index is 8.85. The molecule has 2 rings (SSSR count). The first kappa shape index (κ1) is 14.3. The van der Waals surface area contributed by atoms with Gasteiger partial charge in [-0.1, -0.05) is 0 Å². The molecule has 0 unspecified atom stereocenters. The average molecular weight is 282 g/mol. The number of hydrogen-bond donors (Lipinski definition) is 1. The molecule has 8 heteroatoms. The zero-order valence-electron chi connectivity index (χ0n) is 11.8. The molecule has 0 saturated carbocycles. The number of nitrogens with two attached hydrogens (primary N) is 1. The molecule has 0 aliphatic heterocycles. The molecule has 2 aromatic rings. The van der Waals surface area contributed by atoms with Crippen LogP contribution >= 0.6 is 0 Å². The summed E-state index contributed by atoms with van der Waals surface area (Å²) in [6.07, 6.45) is 1.35. The summed E-state index contributed by atoms with van der Waals surface area (Å²) in [5.74, 6) is 0.794. The third-order valence-corrected chi connectivity index (χ3v) is 2.87. The van der Waals surface area contributed by atoms with E-state index in [4.69, 9.17) is 16.3 Å². The maximum absolute atomic E-state index is 8.85. The van der Waals surface area contributed by atoms with Crippen LogP contribution in [0.4, 0.5) is 11.5 Å². The topological polar surface area (TPSA) is 120 Å². The molecule has 8 nitrogen and oxygen atoms in total. The highest BCUT2D eigenvalue weighted by Gasteiger charge is 2.17. The van der Waals surface area contributed by atoms with E-state index in [-0.39, 0.29) is 18.8 Å². The van der Waals surface area contributed by atoms with E-state index in [0.717, 1.165) is 11.4 Å². The SMILES string of the molecule is Cc1cc(C)n(-c2ncnc(N(CC#N)CC#N)c2N)n1. The van der Waals surface area contributed by atoms with Crippen LogP contribution in [-0.4, -0.2) is 32.8 Å². The molecule has 2 aromatic heterocycles. The van der Waals surface area contributed by atoms with Gasteiger partial charge in [-0.05, 0) is 19.9 Å². The van der Waals surface area contributed by atoms with Crippen molar-refractivity contribution in [1.29, 1.82) is 10.5 Å². The zero-order valence-corrected chi connectivity index (χ0v) is 11.8. The standard InChI is InChI=1S/C13H14N8/c1-9-7-10(2)21(19-9)13-11(16)12(17-8-18-13)20(5-3-14)6-4-15/h7-8H,5-6,16H2,1-2H3. The Hall–Kier alpha value is -3.13. The summed E-state index contributed by atoms with van der Waals surface area (Å²) >= 11 is 0. The van der Waals surface area contributed by atoms with Gasteiger partial charge in [-0.3, -0.25) is 0 Å². The summed E-state index contributed by atoms with van der Waals surface area (Å²) in [6.45, 7) is 3.81. The third-order valence-electron chi connectivity index (χ3n) is 2.87. The fourth-order valence-electron chi connectivity index (χ4n) is 2.02. The minimum Gasteiger partial charge on any atom is -0.393 e. The van der Waals surface area contributed by atoms with Crippen LogP contribution < -0.4 is 10.6 Å². The average Bonchev–Trinajstić information content (AvgIpc) is 2.78. The summed E-state index contributed by atoms with van der Waals surface area (Å²) < 4.78 is 1.62. The molecule has 0 atom stereocenters. The van der Waals surface area contributed by atoms with E-state index in [2.05, 4.69) is 15.1 Å². The molecule has 0 spiro atoms. The molecular formula is C13H14N8. The van der Waals surface area contributed by atoms with E-state index < -0.39 is 0 Å². The van der Waals surface area contributed by atoms with Crippen LogP contribution in [0.3, 0.4) is 0 Å². The Kier molecular flexibility index (Phi) is 4.00. The van der Waals surface area contributed by atoms with Crippen LogP contribution in [-0.2, 0) is 0 Å². The van der Waals surface area contributed by atoms with Crippen LogP contribution in [0, 0.1) is 36.5 Å². The monoisotopic (exact) mass is 282 g/mol. The Morgan fingerprint density at radius 2 is 1.90 bits per heavy atom. The van der Waals surface area contributed by atoms with Crippen LogP contribution in [0.15, 0.2) is 12.4 Å². The number of rotatable bonds is 4. The number of nitrogen functional groups attached to an aromatic ring is 1. The van der Waals surface area contributed by atoms with Gasteiger partial charge in [0.05, 0.1) is 17.8 Å². The fraction of sp³-hybridized carbons (Fsp3) is 0.308. The summed E-state index contributed by atoms with van der Waals surface area (Å²) in [5, 5.41) is 22.0. The highest BCUT2D eigenvalue weighted by Crippen LogP contribution is 2.25. The predicted molar refractivity (Wildman–Crippen MR) is 76.5 cm³/mol. The highest BCUT2D eigenvalue weighted by molar-refractivity contribution is 5.70. The van der Waals surface area contributed by atoms with Gasteiger partial charge in [0.15, 0.2) is 11.6 Å². The van der Waals surface area contributed by atoms with Crippen molar-refractivity contribution in [3.8, 4) is 18.0 Å². The van der Waals surface area contributed by atoms with E-state index >= 15 is 0 Å². The minimum atomic E-state index is 0.0192. The largest absolute Gasteiger partial charge is 0.393 e. The van der Waals surface area contributed by atoms with Gasteiger partial charge in [0.2, 0.25) is 0 Å². The van der Waals surface area contributed by atoms with E-state index in [0.29, 0.717) is 11.6 Å². The van der Waals surface area contributed by atoms with Crippen molar-refractivity contribution in [2.24, 2.45) is 0 Å². The van der Waals surface area contributed by atoms with Gasteiger partial charge in [-0.15, -0.1) is 0 Å². The van der Waals surface area contributed by atoms with Crippen molar-refractivity contribution in [2.75, 3.05) is 23.7 Å². The Labute approximate surface area is 122 Å². The van der Waals surface area contributed by atoms with E-state index in [1.165, 1.54) is 11.2 Å². The molecule has 0 aromatic carbocycles. The van der Waals surface area contributed by atoms with Crippen molar-refractivity contribution in [1.82, 2.24) is 19.7 Å². The second kappa shape index (κ2) is 5.88. The summed E-state index contributed by atoms with van der Waals surface area (Å²) in [5.41, 5.74) is 8.13. The molecular weight excluding hydrogens is 268 g/mol. The number of nitrogens with zero attached hydrogens (tertiary/aromatic N) is 7. The maximum Gasteiger partial charge on any atom is 0.182 e. The number of hydrogen-bond acceptors (Lipinski definition) is 7. The van der Waals surface area contributed by atoms with Gasteiger partial charge < -0.3 is 10.6 Å². The molecule has 0 aliphatic carbocycles. The van der Waals surface area contributed by atoms with Gasteiger partial charge in [-0.2, -0.15) is 15.6 Å². The number of anilines is 2. The van der Waals surface area contributed by atoms with Crippen LogP contribution in [0.1, 0.15) is 11.4 Å². The smallest absolute Gasteiger partial charge is 0.182 e. The summed E-state index contributed by atoms with van der Waals surface area (Å²) in [7, 11) is 0. The van der Waals surface area contributed by atoms with Gasteiger partial charge in [-0.25, -0.2) is 14.6 Å². The first-order chi connectivity index (χ1) is 10.1. The summed E-state index contributed by atoms with van der Waals surface area (Å²) in [6, 6.07) is 5.89. The predicted octanol–water partition coefficient (Wildman–Crippen LogP) is 0.715. The molecule has 0 bridgehead atoms. The molecule has 2 heterocycles. The van der Waals surface area contributed by atoms with E-state index in [1.54, 1.807) is 4.68 Å². The minimum absolute atomic E-state index is 0.0192. The Morgan fingerprint density at radius 3 is 2.43 bits per heavy atom. The molecule has 0 radical (unpaired) electrons. The lowest BCUT2D eigenvalue weighted by molar-refractivity contribution is 0.799. The van der Waals surface area contributed by atoms with E-state index in [9.17, 15) is 0 Å². The Balaban J connectivity index is 2.52. The number of aromatic nitrogens is 4. The fourth-order valence-corrected chi connectivity index (χ4v) is 2.02. The van der Waals surface area contributed by atoms with Crippen LogP contribution in [0.25, 0.3) is 5.82 Å².